The number of hydrogen-bond acceptors (Lipinski definition) is 1. The second-order valence-electron chi connectivity index (χ2n) is 7.27. The van der Waals surface area contributed by atoms with Crippen LogP contribution in [0.3, 0.4) is 0 Å². The Bertz CT molecular complexity index is 478. The van der Waals surface area contributed by atoms with Gasteiger partial charge >= 0.3 is 6.07 Å². The van der Waals surface area contributed by atoms with Crippen molar-refractivity contribution in [2.45, 2.75) is 60.4 Å². The average molecular weight is 298 g/mol. The minimum atomic E-state index is -0.168. The average Bonchev–Trinajstić information content (AvgIpc) is 2.24. The lowest BCUT2D eigenvalue weighted by molar-refractivity contribution is -0.118. The van der Waals surface area contributed by atoms with Gasteiger partial charge in [-0.2, -0.15) is 0 Å². The predicted octanol–water partition coefficient (Wildman–Crippen LogP) is 4.18. The number of alkyl halides is 1. The van der Waals surface area contributed by atoms with Crippen LogP contribution in [0, 0.1) is 16.9 Å². The van der Waals surface area contributed by atoms with Crippen molar-refractivity contribution in [3.8, 4) is 6.07 Å². The first kappa shape index (κ1) is 17.0. The fraction of sp³-hybridized carbons (Fsp3) is 0.750. The summed E-state index contributed by atoms with van der Waals surface area (Å²) in [6.45, 7) is 12.8. The summed E-state index contributed by atoms with van der Waals surface area (Å²) in [5, 5.41) is 2.94. The summed E-state index contributed by atoms with van der Waals surface area (Å²) in [6.07, 6.45) is 1.85. The van der Waals surface area contributed by atoms with Crippen LogP contribution in [0.25, 0.3) is 4.85 Å². The molecule has 0 saturated carbocycles. The molecule has 0 aromatic rings. The van der Waals surface area contributed by atoms with E-state index in [1.54, 1.807) is 0 Å². The Morgan fingerprint density at radius 1 is 1.40 bits per heavy atom. The molecule has 1 aliphatic carbocycles. The van der Waals surface area contributed by atoms with E-state index in [9.17, 15) is 4.79 Å². The summed E-state index contributed by atoms with van der Waals surface area (Å²) in [4.78, 5) is 16.0. The van der Waals surface area contributed by atoms with Crippen LogP contribution in [0.15, 0.2) is 11.3 Å². The van der Waals surface area contributed by atoms with Gasteiger partial charge in [0.2, 0.25) is 5.91 Å². The van der Waals surface area contributed by atoms with Gasteiger partial charge in [-0.05, 0) is 18.3 Å². The van der Waals surface area contributed by atoms with E-state index in [-0.39, 0.29) is 28.7 Å². The first-order chi connectivity index (χ1) is 9.07. The molecule has 112 valence electrons. The van der Waals surface area contributed by atoms with Crippen molar-refractivity contribution < 1.29 is 4.79 Å². The zero-order chi connectivity index (χ0) is 15.6. The van der Waals surface area contributed by atoms with E-state index in [0.29, 0.717) is 0 Å². The molecule has 0 aliphatic heterocycles. The molecule has 0 saturated heterocycles. The molecular formula is C16H26ClN2O+. The molecule has 0 aromatic carbocycles. The highest BCUT2D eigenvalue weighted by Gasteiger charge is 2.41. The summed E-state index contributed by atoms with van der Waals surface area (Å²) in [7, 11) is 0. The van der Waals surface area contributed by atoms with Crippen molar-refractivity contribution in [1.29, 1.82) is 0 Å². The Kier molecular flexibility index (Phi) is 5.27. The van der Waals surface area contributed by atoms with Gasteiger partial charge in [-0.25, -0.2) is 0 Å². The lowest BCUT2D eigenvalue weighted by atomic mass is 9.64. The number of allylic oxidation sites excluding steroid dienone is 2. The fourth-order valence-electron chi connectivity index (χ4n) is 3.04. The number of hydrogen-bond donors (Lipinski definition) is 1. The molecule has 1 aliphatic rings. The lowest BCUT2D eigenvalue weighted by Crippen LogP contribution is -2.37. The van der Waals surface area contributed by atoms with Gasteiger partial charge in [-0.1, -0.05) is 32.5 Å². The fourth-order valence-corrected chi connectivity index (χ4v) is 3.11. The van der Waals surface area contributed by atoms with Gasteiger partial charge in [-0.3, -0.25) is 4.79 Å². The molecule has 3 nitrogen and oxygen atoms in total. The van der Waals surface area contributed by atoms with Crippen molar-refractivity contribution in [3.05, 3.63) is 16.1 Å². The van der Waals surface area contributed by atoms with Crippen molar-refractivity contribution in [1.82, 2.24) is 5.32 Å². The lowest BCUT2D eigenvalue weighted by Gasteiger charge is -2.40. The van der Waals surface area contributed by atoms with Gasteiger partial charge in [0.25, 0.3) is 6.04 Å². The Hall–Kier alpha value is -1.01. The zero-order valence-corrected chi connectivity index (χ0v) is 14.2. The van der Waals surface area contributed by atoms with Crippen LogP contribution in [-0.4, -0.2) is 17.8 Å². The third kappa shape index (κ3) is 4.52. The predicted molar refractivity (Wildman–Crippen MR) is 85.1 cm³/mol. The van der Waals surface area contributed by atoms with Crippen LogP contribution in [0.2, 0.25) is 0 Å². The smallest absolute Gasteiger partial charge is 0.309 e. The molecule has 0 atom stereocenters. The van der Waals surface area contributed by atoms with Crippen LogP contribution in [0.1, 0.15) is 54.4 Å². The summed E-state index contributed by atoms with van der Waals surface area (Å²) >= 11 is 5.61. The monoisotopic (exact) mass is 297 g/mol. The van der Waals surface area contributed by atoms with E-state index in [1.165, 1.54) is 0 Å². The highest BCUT2D eigenvalue weighted by atomic mass is 35.5. The highest BCUT2D eigenvalue weighted by Crippen LogP contribution is 2.48. The molecule has 0 bridgehead atoms. The van der Waals surface area contributed by atoms with Gasteiger partial charge in [0.1, 0.15) is 11.5 Å². The van der Waals surface area contributed by atoms with Crippen LogP contribution >= 0.6 is 11.6 Å². The third-order valence-corrected chi connectivity index (χ3v) is 3.64. The largest absolute Gasteiger partial charge is 0.328 e. The summed E-state index contributed by atoms with van der Waals surface area (Å²) in [5.41, 5.74) is 2.00. The van der Waals surface area contributed by atoms with Crippen LogP contribution < -0.4 is 5.32 Å². The van der Waals surface area contributed by atoms with Crippen molar-refractivity contribution >= 4 is 17.5 Å². The molecule has 0 spiro atoms. The van der Waals surface area contributed by atoms with E-state index in [1.807, 2.05) is 13.8 Å². The van der Waals surface area contributed by atoms with E-state index in [2.05, 4.69) is 43.9 Å². The number of nitrogens with zero attached hydrogens (tertiary/aromatic N) is 1. The minimum Gasteiger partial charge on any atom is -0.328 e. The van der Waals surface area contributed by atoms with Crippen LogP contribution in [-0.2, 0) is 4.79 Å². The van der Waals surface area contributed by atoms with E-state index in [4.69, 9.17) is 11.6 Å². The van der Waals surface area contributed by atoms with Crippen molar-refractivity contribution in [2.24, 2.45) is 10.8 Å². The highest BCUT2D eigenvalue weighted by molar-refractivity contribution is 6.27. The number of nitrogens with one attached hydrogen (secondary N) is 1. The molecule has 0 fully saturated rings. The third-order valence-electron chi connectivity index (χ3n) is 3.40. The summed E-state index contributed by atoms with van der Waals surface area (Å²) < 4.78 is 0. The topological polar surface area (TPSA) is 33.5 Å². The maximum Gasteiger partial charge on any atom is 0.309 e. The van der Waals surface area contributed by atoms with Gasteiger partial charge in [-0.15, -0.1) is 11.6 Å². The van der Waals surface area contributed by atoms with E-state index >= 15 is 0 Å². The Balaban J connectivity index is 3.27. The molecule has 0 radical (unpaired) electrons. The number of rotatable bonds is 2. The normalized spacial score (nSPS) is 20.4. The number of halogens is 1. The molecule has 4 heteroatoms. The Morgan fingerprint density at radius 3 is 2.50 bits per heavy atom. The molecule has 1 rings (SSSR count). The molecule has 0 unspecified atom stereocenters. The van der Waals surface area contributed by atoms with Crippen LogP contribution in [0.4, 0.5) is 0 Å². The zero-order valence-electron chi connectivity index (χ0n) is 13.4. The van der Waals surface area contributed by atoms with E-state index < -0.39 is 0 Å². The van der Waals surface area contributed by atoms with Gasteiger partial charge in [0.05, 0.1) is 0 Å². The number of carbonyl (C=O) groups is 1. The molecule has 1 amide bonds. The van der Waals surface area contributed by atoms with Crippen LogP contribution in [0.5, 0.6) is 0 Å². The van der Waals surface area contributed by atoms with E-state index in [0.717, 1.165) is 24.1 Å². The molecule has 0 heterocycles. The quantitative estimate of drug-likeness (QED) is 0.762. The molecular weight excluding hydrogens is 272 g/mol. The standard InChI is InChI=1S/C16H25ClN2O/c1-11(2)18-9-12-13(19-14(20)8-17)7-15(3,4)10-16(12,5)6/h11H,7-8,10H2,1-6H3/p+1. The first-order valence-corrected chi connectivity index (χ1v) is 7.66. The SMILES string of the molecule is CC(C)[N+]#CC1=C(NC(=O)CCl)CC(C)(C)CC1(C)C. The second kappa shape index (κ2) is 6.18. The Morgan fingerprint density at radius 2 is 2.00 bits per heavy atom. The van der Waals surface area contributed by atoms with Gasteiger partial charge in [0, 0.05) is 25.0 Å². The molecule has 1 N–H and O–H groups in total. The summed E-state index contributed by atoms with van der Waals surface area (Å²) in [6, 6.07) is 3.37. The molecule has 0 aromatic heterocycles. The number of carbonyl (C=O) groups excluding carboxylic acids is 1. The maximum atomic E-state index is 11.7. The van der Waals surface area contributed by atoms with Gasteiger partial charge in [0.15, 0.2) is 0 Å². The maximum absolute atomic E-state index is 11.7. The minimum absolute atomic E-state index is 0.0288. The number of amides is 1. The van der Waals surface area contributed by atoms with Crippen molar-refractivity contribution in [3.63, 3.8) is 0 Å². The van der Waals surface area contributed by atoms with Crippen molar-refractivity contribution in [2.75, 3.05) is 5.88 Å². The molecule has 20 heavy (non-hydrogen) atoms. The Labute approximate surface area is 127 Å². The van der Waals surface area contributed by atoms with Gasteiger partial charge < -0.3 is 5.32 Å². The first-order valence-electron chi connectivity index (χ1n) is 7.13. The summed E-state index contributed by atoms with van der Waals surface area (Å²) in [5.74, 6) is -0.196. The second-order valence-corrected chi connectivity index (χ2v) is 7.54.